The molecule has 0 radical (unpaired) electrons. The van der Waals surface area contributed by atoms with E-state index in [-0.39, 0.29) is 12.0 Å². The Labute approximate surface area is 112 Å². The molecule has 3 atom stereocenters. The van der Waals surface area contributed by atoms with Gasteiger partial charge in [-0.3, -0.25) is 0 Å². The van der Waals surface area contributed by atoms with Gasteiger partial charge in [-0.2, -0.15) is 0 Å². The third kappa shape index (κ3) is 3.46. The van der Waals surface area contributed by atoms with Crippen molar-refractivity contribution in [2.45, 2.75) is 71.0 Å². The van der Waals surface area contributed by atoms with E-state index in [0.29, 0.717) is 12.1 Å². The number of aliphatic hydroxyl groups is 1. The van der Waals surface area contributed by atoms with Crippen molar-refractivity contribution >= 4 is 0 Å². The maximum atomic E-state index is 9.23. The summed E-state index contributed by atoms with van der Waals surface area (Å²) in [5.41, 5.74) is 0.232. The van der Waals surface area contributed by atoms with Crippen LogP contribution in [0.2, 0.25) is 0 Å². The van der Waals surface area contributed by atoms with E-state index in [0.717, 1.165) is 12.5 Å². The minimum atomic E-state index is 0.232. The number of piperidine rings is 1. The summed E-state index contributed by atoms with van der Waals surface area (Å²) in [7, 11) is 0. The fourth-order valence-electron chi connectivity index (χ4n) is 3.56. The predicted molar refractivity (Wildman–Crippen MR) is 75.7 cm³/mol. The molecule has 2 heterocycles. The maximum Gasteiger partial charge on any atom is 0.0446 e. The summed E-state index contributed by atoms with van der Waals surface area (Å²) in [5.74, 6) is 0. The first-order valence-electron chi connectivity index (χ1n) is 7.61. The summed E-state index contributed by atoms with van der Waals surface area (Å²) < 4.78 is 0. The van der Waals surface area contributed by atoms with Crippen LogP contribution in [0.25, 0.3) is 0 Å². The van der Waals surface area contributed by atoms with Crippen molar-refractivity contribution in [1.29, 1.82) is 0 Å². The van der Waals surface area contributed by atoms with Crippen molar-refractivity contribution in [3.8, 4) is 0 Å². The number of nitrogens with one attached hydrogen (secondary N) is 1. The van der Waals surface area contributed by atoms with Crippen LogP contribution in [-0.2, 0) is 0 Å². The van der Waals surface area contributed by atoms with Gasteiger partial charge in [0.15, 0.2) is 0 Å². The van der Waals surface area contributed by atoms with Crippen molar-refractivity contribution in [1.82, 2.24) is 10.2 Å². The lowest BCUT2D eigenvalue weighted by Crippen LogP contribution is -2.52. The van der Waals surface area contributed by atoms with Gasteiger partial charge in [-0.05, 0) is 50.6 Å². The molecule has 2 aliphatic heterocycles. The van der Waals surface area contributed by atoms with Crippen LogP contribution in [0.15, 0.2) is 0 Å². The van der Waals surface area contributed by atoms with E-state index in [9.17, 15) is 5.11 Å². The number of hydrogen-bond acceptors (Lipinski definition) is 3. The second-order valence-corrected chi connectivity index (χ2v) is 7.15. The third-order valence-corrected chi connectivity index (χ3v) is 4.72. The monoisotopic (exact) mass is 254 g/mol. The molecule has 0 aliphatic carbocycles. The molecule has 0 amide bonds. The molecule has 2 N–H and O–H groups in total. The molecule has 0 saturated carbocycles. The molecule has 0 aromatic heterocycles. The molecule has 0 aromatic rings. The maximum absolute atomic E-state index is 9.23. The summed E-state index contributed by atoms with van der Waals surface area (Å²) in [5, 5.41) is 13.1. The third-order valence-electron chi connectivity index (χ3n) is 4.72. The molecule has 0 spiro atoms. The molecule has 2 rings (SSSR count). The first-order chi connectivity index (χ1) is 8.50. The molecular formula is C15H30N2O. The van der Waals surface area contributed by atoms with E-state index >= 15 is 0 Å². The highest BCUT2D eigenvalue weighted by Crippen LogP contribution is 2.29. The van der Waals surface area contributed by atoms with Crippen molar-refractivity contribution < 1.29 is 5.11 Å². The smallest absolute Gasteiger partial charge is 0.0446 e. The molecule has 2 saturated heterocycles. The Balaban J connectivity index is 1.87. The highest BCUT2D eigenvalue weighted by Gasteiger charge is 2.34. The zero-order valence-electron chi connectivity index (χ0n) is 12.3. The zero-order valence-corrected chi connectivity index (χ0v) is 12.3. The van der Waals surface area contributed by atoms with E-state index in [4.69, 9.17) is 0 Å². The molecule has 106 valence electrons. The van der Waals surface area contributed by atoms with Crippen molar-refractivity contribution in [2.75, 3.05) is 19.7 Å². The second-order valence-electron chi connectivity index (χ2n) is 7.15. The number of rotatable bonds is 4. The number of aliphatic hydroxyl groups excluding tert-OH is 1. The van der Waals surface area contributed by atoms with E-state index in [1.54, 1.807) is 0 Å². The van der Waals surface area contributed by atoms with Crippen LogP contribution < -0.4 is 5.32 Å². The molecule has 3 nitrogen and oxygen atoms in total. The Morgan fingerprint density at radius 3 is 2.72 bits per heavy atom. The van der Waals surface area contributed by atoms with Crippen molar-refractivity contribution in [3.05, 3.63) is 0 Å². The summed E-state index contributed by atoms with van der Waals surface area (Å²) in [6.07, 6.45) is 6.22. The standard InChI is InChI=1S/C15H30N2O/c1-15(2,3)14(7-10-18)16-12-6-9-17-8-4-5-13(17)11-12/h12-14,16,18H,4-11H2,1-3H3. The van der Waals surface area contributed by atoms with Gasteiger partial charge in [0, 0.05) is 24.7 Å². The minimum absolute atomic E-state index is 0.232. The van der Waals surface area contributed by atoms with Crippen LogP contribution in [0.1, 0.15) is 52.9 Å². The first kappa shape index (κ1) is 14.3. The zero-order chi connectivity index (χ0) is 13.2. The Kier molecular flexibility index (Phi) is 4.68. The van der Waals surface area contributed by atoms with E-state index < -0.39 is 0 Å². The first-order valence-corrected chi connectivity index (χ1v) is 7.61. The van der Waals surface area contributed by atoms with Crippen molar-refractivity contribution in [2.24, 2.45) is 5.41 Å². The van der Waals surface area contributed by atoms with Crippen LogP contribution in [0, 0.1) is 5.41 Å². The van der Waals surface area contributed by atoms with Gasteiger partial charge in [-0.15, -0.1) is 0 Å². The van der Waals surface area contributed by atoms with Gasteiger partial charge in [0.1, 0.15) is 0 Å². The predicted octanol–water partition coefficient (Wildman–Crippen LogP) is 2.00. The molecule has 0 bridgehead atoms. The number of fused-ring (bicyclic) bond motifs is 1. The average molecular weight is 254 g/mol. The topological polar surface area (TPSA) is 35.5 Å². The Bertz CT molecular complexity index is 262. The van der Waals surface area contributed by atoms with Gasteiger partial charge in [0.2, 0.25) is 0 Å². The van der Waals surface area contributed by atoms with Gasteiger partial charge in [-0.1, -0.05) is 20.8 Å². The summed E-state index contributed by atoms with van der Waals surface area (Å²) >= 11 is 0. The summed E-state index contributed by atoms with van der Waals surface area (Å²) in [6.45, 7) is 9.67. The van der Waals surface area contributed by atoms with Crippen LogP contribution in [0.4, 0.5) is 0 Å². The fraction of sp³-hybridized carbons (Fsp3) is 1.00. The summed E-state index contributed by atoms with van der Waals surface area (Å²) in [4.78, 5) is 2.66. The molecular weight excluding hydrogens is 224 g/mol. The second kappa shape index (κ2) is 5.89. The average Bonchev–Trinajstić information content (AvgIpc) is 2.74. The summed E-state index contributed by atoms with van der Waals surface area (Å²) in [6, 6.07) is 1.91. The fourth-order valence-corrected chi connectivity index (χ4v) is 3.56. The highest BCUT2D eigenvalue weighted by molar-refractivity contribution is 4.92. The van der Waals surface area contributed by atoms with E-state index in [1.807, 2.05) is 0 Å². The normalized spacial score (nSPS) is 31.3. The Morgan fingerprint density at radius 2 is 2.06 bits per heavy atom. The van der Waals surface area contributed by atoms with Gasteiger partial charge in [0.05, 0.1) is 0 Å². The van der Waals surface area contributed by atoms with Crippen LogP contribution in [-0.4, -0.2) is 47.8 Å². The van der Waals surface area contributed by atoms with Gasteiger partial charge in [-0.25, -0.2) is 0 Å². The van der Waals surface area contributed by atoms with E-state index in [1.165, 1.54) is 38.8 Å². The van der Waals surface area contributed by atoms with E-state index in [2.05, 4.69) is 31.0 Å². The molecule has 3 unspecified atom stereocenters. The number of hydrogen-bond donors (Lipinski definition) is 2. The lowest BCUT2D eigenvalue weighted by Gasteiger charge is -2.40. The van der Waals surface area contributed by atoms with Crippen LogP contribution in [0.5, 0.6) is 0 Å². The SMILES string of the molecule is CC(C)(C)C(CCO)NC1CCN2CCCC2C1. The van der Waals surface area contributed by atoms with Crippen molar-refractivity contribution in [3.63, 3.8) is 0 Å². The number of nitrogens with zero attached hydrogens (tertiary/aromatic N) is 1. The molecule has 3 heteroatoms. The Hall–Kier alpha value is -0.120. The lowest BCUT2D eigenvalue weighted by molar-refractivity contribution is 0.130. The largest absolute Gasteiger partial charge is 0.396 e. The molecule has 2 fully saturated rings. The lowest BCUT2D eigenvalue weighted by atomic mass is 9.83. The Morgan fingerprint density at radius 1 is 1.28 bits per heavy atom. The van der Waals surface area contributed by atoms with Crippen LogP contribution >= 0.6 is 0 Å². The quantitative estimate of drug-likeness (QED) is 0.805. The molecule has 2 aliphatic rings. The van der Waals surface area contributed by atoms with Crippen LogP contribution in [0.3, 0.4) is 0 Å². The van der Waals surface area contributed by atoms with Gasteiger partial charge in [0.25, 0.3) is 0 Å². The highest BCUT2D eigenvalue weighted by atomic mass is 16.3. The molecule has 18 heavy (non-hydrogen) atoms. The van der Waals surface area contributed by atoms with Gasteiger partial charge >= 0.3 is 0 Å². The molecule has 0 aromatic carbocycles. The minimum Gasteiger partial charge on any atom is -0.396 e. The van der Waals surface area contributed by atoms with Gasteiger partial charge < -0.3 is 15.3 Å².